The Balaban J connectivity index is 2.24. The van der Waals surface area contributed by atoms with E-state index in [1.54, 1.807) is 6.92 Å². The molecule has 0 aromatic carbocycles. The Morgan fingerprint density at radius 1 is 1.11 bits per heavy atom. The third-order valence-corrected chi connectivity index (χ3v) is 12.4. The fourth-order valence-corrected chi connectivity index (χ4v) is 6.09. The molecule has 0 bridgehead atoms. The van der Waals surface area contributed by atoms with Gasteiger partial charge in [0.05, 0.1) is 18.1 Å². The summed E-state index contributed by atoms with van der Waals surface area (Å²) in [5, 5.41) is -0.118. The third kappa shape index (κ3) is 6.79. The van der Waals surface area contributed by atoms with Gasteiger partial charge in [0.25, 0.3) is 0 Å². The molecule has 5 unspecified atom stereocenters. The minimum atomic E-state index is -2.28. The minimum Gasteiger partial charge on any atom is -0.454 e. The van der Waals surface area contributed by atoms with Crippen LogP contribution in [0.15, 0.2) is 25.3 Å². The highest BCUT2D eigenvalue weighted by atomic mass is 28.4. The summed E-state index contributed by atoms with van der Waals surface area (Å²) in [4.78, 5) is 66.4. The normalized spacial score (nSPS) is 24.3. The average molecular weight is 551 g/mol. The highest BCUT2D eigenvalue weighted by Crippen LogP contribution is 2.41. The van der Waals surface area contributed by atoms with Crippen molar-refractivity contribution in [1.82, 2.24) is 9.80 Å². The van der Waals surface area contributed by atoms with Gasteiger partial charge in [-0.3, -0.25) is 19.3 Å². The van der Waals surface area contributed by atoms with Gasteiger partial charge >= 0.3 is 18.0 Å². The first-order valence-electron chi connectivity index (χ1n) is 13.0. The van der Waals surface area contributed by atoms with Crippen molar-refractivity contribution in [1.29, 1.82) is 0 Å². The van der Waals surface area contributed by atoms with Gasteiger partial charge < -0.3 is 18.8 Å². The summed E-state index contributed by atoms with van der Waals surface area (Å²) in [6, 6.07) is -1.07. The quantitative estimate of drug-likeness (QED) is 0.133. The van der Waals surface area contributed by atoms with E-state index in [1.165, 1.54) is 17.1 Å². The molecular formula is C27H42N2O8Si. The van der Waals surface area contributed by atoms with E-state index in [9.17, 15) is 24.0 Å². The predicted molar refractivity (Wildman–Crippen MR) is 143 cm³/mol. The van der Waals surface area contributed by atoms with E-state index in [1.807, 2.05) is 6.92 Å². The number of ether oxygens (including phenoxy) is 2. The van der Waals surface area contributed by atoms with Gasteiger partial charge in [-0.1, -0.05) is 46.1 Å². The van der Waals surface area contributed by atoms with Gasteiger partial charge in [0.2, 0.25) is 5.91 Å². The summed E-state index contributed by atoms with van der Waals surface area (Å²) >= 11 is 0. The lowest BCUT2D eigenvalue weighted by Gasteiger charge is -2.49. The Morgan fingerprint density at radius 3 is 2.24 bits per heavy atom. The van der Waals surface area contributed by atoms with Gasteiger partial charge in [0.15, 0.2) is 8.32 Å². The second-order valence-electron chi connectivity index (χ2n) is 11.5. The van der Waals surface area contributed by atoms with E-state index in [4.69, 9.17) is 13.9 Å². The molecule has 2 aliphatic rings. The van der Waals surface area contributed by atoms with Crippen molar-refractivity contribution >= 4 is 38.0 Å². The maximum absolute atomic E-state index is 13.4. The zero-order valence-corrected chi connectivity index (χ0v) is 24.7. The van der Waals surface area contributed by atoms with Gasteiger partial charge in [-0.05, 0) is 38.4 Å². The summed E-state index contributed by atoms with van der Waals surface area (Å²) in [6.07, 6.45) is 1.97. The van der Waals surface area contributed by atoms with E-state index in [0.29, 0.717) is 6.42 Å². The number of nitrogens with zero attached hydrogens (tertiary/aromatic N) is 2. The first kappa shape index (κ1) is 31.4. The van der Waals surface area contributed by atoms with Crippen molar-refractivity contribution in [2.45, 2.75) is 83.8 Å². The molecule has 0 aromatic heterocycles. The van der Waals surface area contributed by atoms with Crippen LogP contribution in [0, 0.1) is 11.8 Å². The van der Waals surface area contributed by atoms with E-state index in [2.05, 4.69) is 47.0 Å². The molecule has 0 radical (unpaired) electrons. The Morgan fingerprint density at radius 2 is 1.68 bits per heavy atom. The van der Waals surface area contributed by atoms with Gasteiger partial charge in [-0.2, -0.15) is 0 Å². The van der Waals surface area contributed by atoms with Crippen LogP contribution < -0.4 is 0 Å². The maximum atomic E-state index is 13.4. The van der Waals surface area contributed by atoms with E-state index < -0.39 is 56.2 Å². The van der Waals surface area contributed by atoms with Crippen molar-refractivity contribution in [3.63, 3.8) is 0 Å². The van der Waals surface area contributed by atoms with Crippen LogP contribution in [0.4, 0.5) is 4.79 Å². The summed E-state index contributed by atoms with van der Waals surface area (Å²) in [5.74, 6) is -4.31. The van der Waals surface area contributed by atoms with E-state index in [0.717, 1.165) is 4.90 Å². The first-order chi connectivity index (χ1) is 17.6. The Kier molecular flexibility index (Phi) is 10.2. The Bertz CT molecular complexity index is 973. The molecule has 212 valence electrons. The summed E-state index contributed by atoms with van der Waals surface area (Å²) < 4.78 is 16.4. The molecular weight excluding hydrogens is 508 g/mol. The van der Waals surface area contributed by atoms with Crippen LogP contribution in [-0.2, 0) is 33.1 Å². The highest BCUT2D eigenvalue weighted by molar-refractivity contribution is 6.74. The molecule has 3 amide bonds. The summed E-state index contributed by atoms with van der Waals surface area (Å²) in [7, 11) is -2.28. The Hall–Kier alpha value is -2.79. The third-order valence-electron chi connectivity index (χ3n) is 7.79. The number of Topliss-reactive ketones (excluding diaryl/α,β-unsaturated/α-hetero) is 1. The number of amides is 3. The Labute approximate surface area is 226 Å². The molecule has 2 heterocycles. The number of ketones is 1. The largest absolute Gasteiger partial charge is 0.454 e. The SMILES string of the molecule is C=CCOC(=O)C(=O)N1C(=O)C(C(C)O[Si](C)(C)C(C)(C)C)C1CC(=O)C1CC(C)N(C(=O)OCC=C)C1. The molecule has 2 saturated heterocycles. The molecule has 0 aliphatic carbocycles. The molecule has 0 spiro atoms. The van der Waals surface area contributed by atoms with E-state index >= 15 is 0 Å². The van der Waals surface area contributed by atoms with Gasteiger partial charge in [0, 0.05) is 24.9 Å². The second-order valence-corrected chi connectivity index (χ2v) is 16.3. The van der Waals surface area contributed by atoms with Crippen molar-refractivity contribution in [2.75, 3.05) is 19.8 Å². The molecule has 2 fully saturated rings. The number of rotatable bonds is 10. The first-order valence-corrected chi connectivity index (χ1v) is 15.9. The second kappa shape index (κ2) is 12.4. The lowest BCUT2D eigenvalue weighted by molar-refractivity contribution is -0.180. The monoisotopic (exact) mass is 550 g/mol. The zero-order chi connectivity index (χ0) is 29.0. The number of carbonyl (C=O) groups excluding carboxylic acids is 5. The molecule has 0 saturated carbocycles. The van der Waals surface area contributed by atoms with Crippen LogP contribution >= 0.6 is 0 Å². The predicted octanol–water partition coefficient (Wildman–Crippen LogP) is 3.47. The van der Waals surface area contributed by atoms with Crippen LogP contribution in [0.5, 0.6) is 0 Å². The number of hydrogen-bond donors (Lipinski definition) is 0. The molecule has 38 heavy (non-hydrogen) atoms. The molecule has 2 rings (SSSR count). The van der Waals surface area contributed by atoms with Gasteiger partial charge in [-0.15, -0.1) is 0 Å². The lowest BCUT2D eigenvalue weighted by atomic mass is 9.78. The van der Waals surface area contributed by atoms with E-state index in [-0.39, 0.29) is 43.0 Å². The number of esters is 1. The highest BCUT2D eigenvalue weighted by Gasteiger charge is 2.57. The van der Waals surface area contributed by atoms with Gasteiger partial charge in [0.1, 0.15) is 19.0 Å². The molecule has 0 N–H and O–H groups in total. The molecule has 10 nitrogen and oxygen atoms in total. The molecule has 0 aromatic rings. The number of hydrogen-bond acceptors (Lipinski definition) is 8. The topological polar surface area (TPSA) is 120 Å². The van der Waals surface area contributed by atoms with Crippen molar-refractivity contribution < 1.29 is 37.9 Å². The van der Waals surface area contributed by atoms with Crippen molar-refractivity contribution in [3.8, 4) is 0 Å². The fraction of sp³-hybridized carbons (Fsp3) is 0.667. The molecule has 5 atom stereocenters. The van der Waals surface area contributed by atoms with Crippen LogP contribution in [0.2, 0.25) is 18.1 Å². The number of imide groups is 1. The smallest absolute Gasteiger partial charge is 0.410 e. The summed E-state index contributed by atoms with van der Waals surface area (Å²) in [6.45, 7) is 21.0. The average Bonchev–Trinajstić information content (AvgIpc) is 3.21. The van der Waals surface area contributed by atoms with Gasteiger partial charge in [-0.25, -0.2) is 9.59 Å². The van der Waals surface area contributed by atoms with Crippen LogP contribution in [0.25, 0.3) is 0 Å². The zero-order valence-electron chi connectivity index (χ0n) is 23.7. The van der Waals surface area contributed by atoms with Crippen molar-refractivity contribution in [3.05, 3.63) is 25.3 Å². The number of likely N-dealkylation sites (tertiary alicyclic amines) is 2. The molecule has 2 aliphatic heterocycles. The maximum Gasteiger partial charge on any atom is 0.410 e. The summed E-state index contributed by atoms with van der Waals surface area (Å²) in [5.41, 5.74) is 0. The van der Waals surface area contributed by atoms with Crippen LogP contribution in [0.1, 0.15) is 47.5 Å². The number of β-lactam (4-membered cyclic amide) rings is 1. The standard InChI is InChI=1S/C27H42N2O8Si/c1-10-12-35-25(33)24(32)29-20(22(23(29)31)18(4)37-38(8,9)27(5,6)7)15-21(30)19-14-17(3)28(16-19)26(34)36-13-11-2/h10-11,17-20,22H,1-2,12-16H2,3-9H3. The lowest BCUT2D eigenvalue weighted by Crippen LogP contribution is -2.69. The molecule has 11 heteroatoms. The van der Waals surface area contributed by atoms with Crippen molar-refractivity contribution in [2.24, 2.45) is 11.8 Å². The van der Waals surface area contributed by atoms with Crippen LogP contribution in [-0.4, -0.2) is 85.7 Å². The minimum absolute atomic E-state index is 0.0671. The van der Waals surface area contributed by atoms with Crippen LogP contribution in [0.3, 0.4) is 0 Å². The number of carbonyl (C=O) groups is 5. The fourth-order valence-electron chi connectivity index (χ4n) is 4.66.